The third-order valence-electron chi connectivity index (χ3n) is 6.70. The molecule has 2 heterocycles. The summed E-state index contributed by atoms with van der Waals surface area (Å²) in [5.41, 5.74) is 2.56. The molecule has 8 heteroatoms. The quantitative estimate of drug-likeness (QED) is 0.692. The van der Waals surface area contributed by atoms with Crippen molar-refractivity contribution in [3.05, 3.63) is 54.1 Å². The number of hydrogen-bond donors (Lipinski definition) is 1. The van der Waals surface area contributed by atoms with Crippen molar-refractivity contribution in [2.24, 2.45) is 5.92 Å². The van der Waals surface area contributed by atoms with Crippen molar-refractivity contribution in [3.8, 4) is 0 Å². The Morgan fingerprint density at radius 1 is 0.941 bits per heavy atom. The Morgan fingerprint density at radius 2 is 1.56 bits per heavy atom. The maximum atomic E-state index is 13.1. The van der Waals surface area contributed by atoms with E-state index in [0.29, 0.717) is 42.9 Å². The summed E-state index contributed by atoms with van der Waals surface area (Å²) in [7, 11) is -3.58. The van der Waals surface area contributed by atoms with Gasteiger partial charge >= 0.3 is 0 Å². The first-order chi connectivity index (χ1) is 16.1. The maximum absolute atomic E-state index is 13.1. The molecule has 0 radical (unpaired) electrons. The molecular weight excluding hydrogens is 450 g/mol. The van der Waals surface area contributed by atoms with Crippen molar-refractivity contribution in [3.63, 3.8) is 0 Å². The van der Waals surface area contributed by atoms with Crippen molar-refractivity contribution >= 4 is 33.2 Å². The predicted molar refractivity (Wildman–Crippen MR) is 133 cm³/mol. The number of nitrogens with zero attached hydrogens (tertiary/aromatic N) is 2. The monoisotopic (exact) mass is 483 g/mol. The number of nitrogens with one attached hydrogen (secondary N) is 1. The molecule has 4 rings (SSSR count). The first-order valence-corrected chi connectivity index (χ1v) is 13.3. The van der Waals surface area contributed by atoms with Crippen LogP contribution in [-0.4, -0.2) is 44.2 Å². The number of anilines is 2. The number of carbonyl (C=O) groups excluding carboxylic acids is 2. The van der Waals surface area contributed by atoms with Crippen LogP contribution in [0, 0.1) is 5.92 Å². The van der Waals surface area contributed by atoms with E-state index in [1.807, 2.05) is 24.3 Å². The third-order valence-corrected chi connectivity index (χ3v) is 8.62. The molecule has 2 aromatic carbocycles. The first-order valence-electron chi connectivity index (χ1n) is 11.9. The highest BCUT2D eigenvalue weighted by Gasteiger charge is 2.32. The lowest BCUT2D eigenvalue weighted by molar-refractivity contribution is -0.121. The van der Waals surface area contributed by atoms with Gasteiger partial charge in [-0.1, -0.05) is 32.9 Å². The lowest BCUT2D eigenvalue weighted by Crippen LogP contribution is -2.41. The number of amides is 2. The van der Waals surface area contributed by atoms with Gasteiger partial charge in [-0.25, -0.2) is 8.42 Å². The number of hydrogen-bond acceptors (Lipinski definition) is 4. The second-order valence-corrected chi connectivity index (χ2v) is 12.1. The number of rotatable bonds is 5. The summed E-state index contributed by atoms with van der Waals surface area (Å²) in [4.78, 5) is 26.7. The number of benzene rings is 2. The highest BCUT2D eigenvalue weighted by Crippen LogP contribution is 2.28. The van der Waals surface area contributed by atoms with Crippen LogP contribution < -0.4 is 10.2 Å². The van der Waals surface area contributed by atoms with E-state index in [1.165, 1.54) is 4.31 Å². The van der Waals surface area contributed by atoms with Gasteiger partial charge in [0, 0.05) is 43.3 Å². The van der Waals surface area contributed by atoms with E-state index in [-0.39, 0.29) is 23.1 Å². The van der Waals surface area contributed by atoms with Crippen molar-refractivity contribution < 1.29 is 18.0 Å². The molecule has 34 heavy (non-hydrogen) atoms. The molecule has 0 atom stereocenters. The molecule has 2 aromatic rings. The Balaban J connectivity index is 1.33. The number of sulfonamides is 1. The Labute approximate surface area is 202 Å². The Bertz CT molecular complexity index is 1140. The van der Waals surface area contributed by atoms with E-state index in [0.717, 1.165) is 24.2 Å². The van der Waals surface area contributed by atoms with Crippen LogP contribution in [0.5, 0.6) is 0 Å². The average molecular weight is 484 g/mol. The van der Waals surface area contributed by atoms with Crippen molar-refractivity contribution in [2.75, 3.05) is 29.9 Å². The van der Waals surface area contributed by atoms with E-state index in [4.69, 9.17) is 0 Å². The van der Waals surface area contributed by atoms with Gasteiger partial charge in [0.1, 0.15) is 0 Å². The summed E-state index contributed by atoms with van der Waals surface area (Å²) >= 11 is 0. The molecule has 7 nitrogen and oxygen atoms in total. The molecule has 182 valence electrons. The second kappa shape index (κ2) is 9.50. The normalized spacial score (nSPS) is 18.3. The van der Waals surface area contributed by atoms with Gasteiger partial charge in [-0.2, -0.15) is 4.31 Å². The fraction of sp³-hybridized carbons (Fsp3) is 0.462. The van der Waals surface area contributed by atoms with Crippen molar-refractivity contribution in [1.82, 2.24) is 4.31 Å². The Hall–Kier alpha value is -2.71. The Morgan fingerprint density at radius 3 is 2.09 bits per heavy atom. The van der Waals surface area contributed by atoms with Gasteiger partial charge in [-0.3, -0.25) is 9.59 Å². The summed E-state index contributed by atoms with van der Waals surface area (Å²) in [6, 6.07) is 14.4. The van der Waals surface area contributed by atoms with Crippen LogP contribution in [0.2, 0.25) is 0 Å². The summed E-state index contributed by atoms with van der Waals surface area (Å²) in [5.74, 6) is -0.213. The van der Waals surface area contributed by atoms with Gasteiger partial charge in [-0.05, 0) is 66.6 Å². The molecule has 2 fully saturated rings. The lowest BCUT2D eigenvalue weighted by atomic mass is 9.87. The zero-order valence-corrected chi connectivity index (χ0v) is 20.9. The summed E-state index contributed by atoms with van der Waals surface area (Å²) in [6.45, 7) is 7.64. The van der Waals surface area contributed by atoms with Crippen LogP contribution in [0.4, 0.5) is 11.4 Å². The molecule has 0 bridgehead atoms. The van der Waals surface area contributed by atoms with Crippen LogP contribution in [0.3, 0.4) is 0 Å². The summed E-state index contributed by atoms with van der Waals surface area (Å²) in [6.07, 6.45) is 2.40. The summed E-state index contributed by atoms with van der Waals surface area (Å²) < 4.78 is 27.6. The zero-order chi connectivity index (χ0) is 24.5. The maximum Gasteiger partial charge on any atom is 0.243 e. The molecule has 0 spiro atoms. The first kappa shape index (κ1) is 24.4. The fourth-order valence-electron chi connectivity index (χ4n) is 4.52. The molecule has 1 N–H and O–H groups in total. The minimum absolute atomic E-state index is 0.0417. The molecule has 2 saturated heterocycles. The Kier molecular flexibility index (Phi) is 6.82. The number of carbonyl (C=O) groups is 2. The molecule has 2 aliphatic heterocycles. The largest absolute Gasteiger partial charge is 0.326 e. The van der Waals surface area contributed by atoms with Crippen LogP contribution >= 0.6 is 0 Å². The molecule has 0 aromatic heterocycles. The van der Waals surface area contributed by atoms with Gasteiger partial charge in [0.05, 0.1) is 4.90 Å². The van der Waals surface area contributed by atoms with E-state index in [9.17, 15) is 18.0 Å². The van der Waals surface area contributed by atoms with Gasteiger partial charge in [0.15, 0.2) is 0 Å². The van der Waals surface area contributed by atoms with Gasteiger partial charge in [-0.15, -0.1) is 0 Å². The highest BCUT2D eigenvalue weighted by atomic mass is 32.2. The topological polar surface area (TPSA) is 86.8 Å². The SMILES string of the molecule is CC(C)(C)c1ccc(S(=O)(=O)N2CCC(C(=O)Nc3ccc(N4CCCC4=O)cc3)CC2)cc1. The standard InChI is InChI=1S/C26H33N3O4S/c1-26(2,3)20-6-12-23(13-7-20)34(32,33)28-17-14-19(15-18-28)25(31)27-21-8-10-22(11-9-21)29-16-4-5-24(29)30/h6-13,19H,4-5,14-18H2,1-3H3,(H,27,31). The molecular formula is C26H33N3O4S. The van der Waals surface area contributed by atoms with E-state index >= 15 is 0 Å². The van der Waals surface area contributed by atoms with E-state index in [1.54, 1.807) is 29.2 Å². The van der Waals surface area contributed by atoms with Crippen LogP contribution in [0.15, 0.2) is 53.4 Å². The van der Waals surface area contributed by atoms with Crippen molar-refractivity contribution in [1.29, 1.82) is 0 Å². The lowest BCUT2D eigenvalue weighted by Gasteiger charge is -2.30. The third kappa shape index (κ3) is 5.18. The van der Waals surface area contributed by atoms with E-state index < -0.39 is 10.0 Å². The predicted octanol–water partition coefficient (Wildman–Crippen LogP) is 4.15. The molecule has 0 unspecified atom stereocenters. The van der Waals surface area contributed by atoms with Crippen LogP contribution in [0.1, 0.15) is 52.0 Å². The smallest absolute Gasteiger partial charge is 0.243 e. The molecule has 2 aliphatic rings. The molecule has 0 aliphatic carbocycles. The van der Waals surface area contributed by atoms with Crippen molar-refractivity contribution in [2.45, 2.75) is 56.8 Å². The van der Waals surface area contributed by atoms with E-state index in [2.05, 4.69) is 26.1 Å². The fourth-order valence-corrected chi connectivity index (χ4v) is 5.99. The zero-order valence-electron chi connectivity index (χ0n) is 20.1. The van der Waals surface area contributed by atoms with Gasteiger partial charge < -0.3 is 10.2 Å². The molecule has 0 saturated carbocycles. The van der Waals surface area contributed by atoms with Crippen LogP contribution in [-0.2, 0) is 25.0 Å². The van der Waals surface area contributed by atoms with Gasteiger partial charge in [0.25, 0.3) is 0 Å². The summed E-state index contributed by atoms with van der Waals surface area (Å²) in [5, 5.41) is 2.94. The average Bonchev–Trinajstić information content (AvgIpc) is 3.25. The second-order valence-electron chi connectivity index (χ2n) is 10.1. The minimum Gasteiger partial charge on any atom is -0.326 e. The number of piperidine rings is 1. The minimum atomic E-state index is -3.58. The van der Waals surface area contributed by atoms with Gasteiger partial charge in [0.2, 0.25) is 21.8 Å². The highest BCUT2D eigenvalue weighted by molar-refractivity contribution is 7.89. The van der Waals surface area contributed by atoms with Crippen LogP contribution in [0.25, 0.3) is 0 Å². The molecule has 2 amide bonds.